The van der Waals surface area contributed by atoms with Gasteiger partial charge in [-0.2, -0.15) is 0 Å². The lowest BCUT2D eigenvalue weighted by Gasteiger charge is -2.48. The fourth-order valence-electron chi connectivity index (χ4n) is 6.34. The van der Waals surface area contributed by atoms with Crippen molar-refractivity contribution in [2.75, 3.05) is 0 Å². The molecule has 2 aromatic rings. The second kappa shape index (κ2) is 5.95. The average molecular weight is 360 g/mol. The van der Waals surface area contributed by atoms with Crippen molar-refractivity contribution < 1.29 is 9.90 Å². The van der Waals surface area contributed by atoms with Crippen molar-refractivity contribution in [3.8, 4) is 16.9 Å². The number of carbonyl (C=O) groups excluding carboxylic acids is 1. The van der Waals surface area contributed by atoms with Gasteiger partial charge in [-0.05, 0) is 85.6 Å². The maximum Gasteiger partial charge on any atom is 0.139 e. The predicted molar refractivity (Wildman–Crippen MR) is 108 cm³/mol. The van der Waals surface area contributed by atoms with Gasteiger partial charge in [0.05, 0.1) is 0 Å². The number of phenolic OH excluding ortho intramolecular Hbond substituents is 1. The van der Waals surface area contributed by atoms with Crippen LogP contribution in [0.15, 0.2) is 36.4 Å². The summed E-state index contributed by atoms with van der Waals surface area (Å²) < 4.78 is 0. The standard InChI is InChI=1S/C25H28O2/c1-15-3-5-16(6-4-15)21-14-20-17(13-23(21)26)7-8-19-18(20)11-12-25(2)22(19)9-10-24(25)27/h3-6,13-14,18-19,22,26H,7-12H2,1-2H3/t18-,19+,22-,25-/m0/s1. The fourth-order valence-corrected chi connectivity index (χ4v) is 6.34. The van der Waals surface area contributed by atoms with E-state index in [1.54, 1.807) is 0 Å². The van der Waals surface area contributed by atoms with E-state index in [0.717, 1.165) is 49.7 Å². The number of phenols is 1. The molecule has 0 radical (unpaired) electrons. The van der Waals surface area contributed by atoms with E-state index in [2.05, 4.69) is 44.2 Å². The lowest BCUT2D eigenvalue weighted by molar-refractivity contribution is -0.129. The number of hydrogen-bond donors (Lipinski definition) is 1. The Morgan fingerprint density at radius 1 is 1.04 bits per heavy atom. The topological polar surface area (TPSA) is 37.3 Å². The third-order valence-electron chi connectivity index (χ3n) is 7.91. The van der Waals surface area contributed by atoms with Crippen LogP contribution in [0.5, 0.6) is 5.75 Å². The highest BCUT2D eigenvalue weighted by atomic mass is 16.3. The SMILES string of the molecule is Cc1ccc(-c2cc3c(cc2O)CC[C@@H]2[C@@H]3CC[C@]3(C)C(=O)CC[C@@H]23)cc1. The van der Waals surface area contributed by atoms with Gasteiger partial charge in [0.2, 0.25) is 0 Å². The van der Waals surface area contributed by atoms with Crippen LogP contribution in [0, 0.1) is 24.2 Å². The number of aryl methyl sites for hydroxylation is 2. The van der Waals surface area contributed by atoms with Crippen molar-refractivity contribution in [3.63, 3.8) is 0 Å². The summed E-state index contributed by atoms with van der Waals surface area (Å²) in [4.78, 5) is 12.5. The van der Waals surface area contributed by atoms with Crippen molar-refractivity contribution in [2.24, 2.45) is 17.3 Å². The lowest BCUT2D eigenvalue weighted by atomic mass is 9.55. The van der Waals surface area contributed by atoms with Crippen molar-refractivity contribution in [1.29, 1.82) is 0 Å². The zero-order valence-electron chi connectivity index (χ0n) is 16.3. The summed E-state index contributed by atoms with van der Waals surface area (Å²) in [5, 5.41) is 10.7. The Morgan fingerprint density at radius 2 is 1.81 bits per heavy atom. The summed E-state index contributed by atoms with van der Waals surface area (Å²) in [5.41, 5.74) is 5.94. The zero-order chi connectivity index (χ0) is 18.8. The Hall–Kier alpha value is -2.09. The van der Waals surface area contributed by atoms with Crippen molar-refractivity contribution in [1.82, 2.24) is 0 Å². The molecule has 140 valence electrons. The number of Topliss-reactive ketones (excluding diaryl/α,β-unsaturated/α-hetero) is 1. The molecule has 0 spiro atoms. The molecule has 1 N–H and O–H groups in total. The van der Waals surface area contributed by atoms with Crippen LogP contribution in [0.1, 0.15) is 61.6 Å². The minimum absolute atomic E-state index is 0.0740. The number of rotatable bonds is 1. The average Bonchev–Trinajstić information content (AvgIpc) is 2.97. The first kappa shape index (κ1) is 17.0. The molecule has 0 amide bonds. The van der Waals surface area contributed by atoms with E-state index in [-0.39, 0.29) is 5.41 Å². The normalized spacial score (nSPS) is 31.9. The van der Waals surface area contributed by atoms with Gasteiger partial charge >= 0.3 is 0 Å². The van der Waals surface area contributed by atoms with Crippen LogP contribution in [-0.2, 0) is 11.2 Å². The maximum atomic E-state index is 12.5. The number of fused-ring (bicyclic) bond motifs is 5. The molecule has 2 aromatic carbocycles. The highest BCUT2D eigenvalue weighted by Gasteiger charge is 2.54. The van der Waals surface area contributed by atoms with Crippen LogP contribution in [0.25, 0.3) is 11.1 Å². The quantitative estimate of drug-likeness (QED) is 0.698. The van der Waals surface area contributed by atoms with Crippen molar-refractivity contribution in [3.05, 3.63) is 53.1 Å². The molecule has 0 bridgehead atoms. The number of aromatic hydroxyl groups is 1. The van der Waals surface area contributed by atoms with Gasteiger partial charge < -0.3 is 5.11 Å². The molecule has 4 atom stereocenters. The van der Waals surface area contributed by atoms with E-state index in [1.807, 2.05) is 6.07 Å². The van der Waals surface area contributed by atoms with Crippen LogP contribution in [0.2, 0.25) is 0 Å². The van der Waals surface area contributed by atoms with E-state index in [0.29, 0.717) is 29.3 Å². The molecule has 0 unspecified atom stereocenters. The highest BCUT2D eigenvalue weighted by molar-refractivity contribution is 5.87. The van der Waals surface area contributed by atoms with Gasteiger partial charge in [0.25, 0.3) is 0 Å². The van der Waals surface area contributed by atoms with Gasteiger partial charge in [0.1, 0.15) is 11.5 Å². The Morgan fingerprint density at radius 3 is 2.59 bits per heavy atom. The summed E-state index contributed by atoms with van der Waals surface area (Å²) in [6, 6.07) is 12.7. The summed E-state index contributed by atoms with van der Waals surface area (Å²) in [7, 11) is 0. The zero-order valence-corrected chi connectivity index (χ0v) is 16.3. The Labute approximate surface area is 161 Å². The van der Waals surface area contributed by atoms with E-state index < -0.39 is 0 Å². The molecule has 0 aliphatic heterocycles. The fraction of sp³-hybridized carbons (Fsp3) is 0.480. The minimum Gasteiger partial charge on any atom is -0.507 e. The summed E-state index contributed by atoms with van der Waals surface area (Å²) in [6.45, 7) is 4.32. The van der Waals surface area contributed by atoms with Crippen molar-refractivity contribution >= 4 is 5.78 Å². The molecule has 2 fully saturated rings. The van der Waals surface area contributed by atoms with Crippen molar-refractivity contribution in [2.45, 2.75) is 58.3 Å². The van der Waals surface area contributed by atoms with E-state index in [1.165, 1.54) is 16.7 Å². The molecule has 0 heterocycles. The number of carbonyl (C=O) groups is 1. The predicted octanol–water partition coefficient (Wildman–Crippen LogP) is 5.79. The van der Waals surface area contributed by atoms with Crippen LogP contribution in [0.4, 0.5) is 0 Å². The molecular weight excluding hydrogens is 332 g/mol. The second-order valence-electron chi connectivity index (χ2n) is 9.27. The van der Waals surface area contributed by atoms with Gasteiger partial charge in [-0.3, -0.25) is 4.79 Å². The number of ketones is 1. The monoisotopic (exact) mass is 360 g/mol. The Balaban J connectivity index is 1.56. The van der Waals surface area contributed by atoms with Crippen LogP contribution >= 0.6 is 0 Å². The second-order valence-corrected chi connectivity index (χ2v) is 9.27. The first-order valence-corrected chi connectivity index (χ1v) is 10.4. The van der Waals surface area contributed by atoms with Gasteiger partial charge in [-0.1, -0.05) is 36.8 Å². The summed E-state index contributed by atoms with van der Waals surface area (Å²) >= 11 is 0. The lowest BCUT2D eigenvalue weighted by Crippen LogP contribution is -2.42. The Bertz CT molecular complexity index is 911. The molecule has 0 aromatic heterocycles. The van der Waals surface area contributed by atoms with E-state index >= 15 is 0 Å². The Kier molecular flexibility index (Phi) is 3.76. The third-order valence-corrected chi connectivity index (χ3v) is 7.91. The van der Waals surface area contributed by atoms with Gasteiger partial charge in [-0.15, -0.1) is 0 Å². The largest absolute Gasteiger partial charge is 0.507 e. The molecule has 27 heavy (non-hydrogen) atoms. The first-order chi connectivity index (χ1) is 13.0. The first-order valence-electron chi connectivity index (χ1n) is 10.4. The highest BCUT2D eigenvalue weighted by Crippen LogP contribution is 2.60. The summed E-state index contributed by atoms with van der Waals surface area (Å²) in [6.07, 6.45) is 6.18. The van der Waals surface area contributed by atoms with E-state index in [9.17, 15) is 9.90 Å². The molecule has 3 aliphatic carbocycles. The van der Waals surface area contributed by atoms with Gasteiger partial charge in [0, 0.05) is 17.4 Å². The van der Waals surface area contributed by atoms with E-state index in [4.69, 9.17) is 0 Å². The van der Waals surface area contributed by atoms with Crippen LogP contribution in [-0.4, -0.2) is 10.9 Å². The molecule has 2 saturated carbocycles. The third kappa shape index (κ3) is 2.49. The van der Waals surface area contributed by atoms with Crippen LogP contribution in [0.3, 0.4) is 0 Å². The van der Waals surface area contributed by atoms with Gasteiger partial charge in [0.15, 0.2) is 0 Å². The minimum atomic E-state index is -0.0740. The molecular formula is C25H28O2. The molecule has 5 rings (SSSR count). The molecule has 0 saturated heterocycles. The smallest absolute Gasteiger partial charge is 0.139 e. The molecule has 2 heteroatoms. The maximum absolute atomic E-state index is 12.5. The number of benzene rings is 2. The van der Waals surface area contributed by atoms with Gasteiger partial charge in [-0.25, -0.2) is 0 Å². The molecule has 3 aliphatic rings. The molecule has 2 nitrogen and oxygen atoms in total. The summed E-state index contributed by atoms with van der Waals surface area (Å²) in [5.74, 6) is 2.62. The number of hydrogen-bond acceptors (Lipinski definition) is 2. The van der Waals surface area contributed by atoms with Crippen LogP contribution < -0.4 is 0 Å².